The highest BCUT2D eigenvalue weighted by Crippen LogP contribution is 2.27. The Morgan fingerprint density at radius 2 is 1.89 bits per heavy atom. The van der Waals surface area contributed by atoms with E-state index in [2.05, 4.69) is 21.7 Å². The second-order valence-corrected chi connectivity index (χ2v) is 9.67. The van der Waals surface area contributed by atoms with E-state index in [9.17, 15) is 27.2 Å². The van der Waals surface area contributed by atoms with Crippen molar-refractivity contribution in [2.24, 2.45) is 0 Å². The van der Waals surface area contributed by atoms with Crippen molar-refractivity contribution >= 4 is 34.1 Å². The summed E-state index contributed by atoms with van der Waals surface area (Å²) in [6, 6.07) is 6.82. The molecule has 0 aliphatic carbocycles. The van der Waals surface area contributed by atoms with Crippen LogP contribution in [0.15, 0.2) is 41.2 Å². The van der Waals surface area contributed by atoms with Gasteiger partial charge in [0.05, 0.1) is 15.9 Å². The molecule has 4 rings (SSSR count). The first-order valence-electron chi connectivity index (χ1n) is 12.3. The van der Waals surface area contributed by atoms with Gasteiger partial charge >= 0.3 is 6.18 Å². The van der Waals surface area contributed by atoms with Crippen LogP contribution < -0.4 is 15.8 Å². The van der Waals surface area contributed by atoms with Crippen molar-refractivity contribution in [3.8, 4) is 11.4 Å². The Hall–Kier alpha value is -3.18. The number of halogens is 5. The minimum absolute atomic E-state index is 0.0136. The van der Waals surface area contributed by atoms with Gasteiger partial charge in [0.15, 0.2) is 0 Å². The second kappa shape index (κ2) is 11.3. The SMILES string of the molecule is CCN1CCCN(c2ccc3nc(-c4ccc(F)c(Cl)c4)n(CC(=O)N[C@@H](C)C(F)(F)F)c(=O)c3c2)CC1. The number of amides is 1. The zero-order valence-electron chi connectivity index (χ0n) is 21.0. The van der Waals surface area contributed by atoms with Crippen molar-refractivity contribution in [2.45, 2.75) is 39.0 Å². The lowest BCUT2D eigenvalue weighted by Gasteiger charge is -2.24. The van der Waals surface area contributed by atoms with Gasteiger partial charge in [-0.25, -0.2) is 9.37 Å². The standard InChI is InChI=1S/C26H28ClF4N5O2/c1-3-34-9-4-10-35(12-11-34)18-6-8-22-19(14-18)25(38)36(15-23(37)32-16(2)26(29,30)31)24(33-22)17-5-7-21(28)20(27)13-17/h5-8,13-14,16H,3-4,9-12,15H2,1-2H3,(H,32,37)/t16-/m0/s1. The molecule has 0 saturated carbocycles. The Morgan fingerprint density at radius 3 is 2.58 bits per heavy atom. The summed E-state index contributed by atoms with van der Waals surface area (Å²) in [6.07, 6.45) is -3.69. The minimum atomic E-state index is -4.65. The third kappa shape index (κ3) is 6.10. The Morgan fingerprint density at radius 1 is 1.13 bits per heavy atom. The van der Waals surface area contributed by atoms with E-state index < -0.39 is 36.0 Å². The van der Waals surface area contributed by atoms with E-state index in [0.29, 0.717) is 5.52 Å². The first-order valence-corrected chi connectivity index (χ1v) is 12.7. The highest BCUT2D eigenvalue weighted by molar-refractivity contribution is 6.31. The number of fused-ring (bicyclic) bond motifs is 1. The molecule has 1 N–H and O–H groups in total. The van der Waals surface area contributed by atoms with Crippen molar-refractivity contribution < 1.29 is 22.4 Å². The number of nitrogens with zero attached hydrogens (tertiary/aromatic N) is 4. The molecule has 0 radical (unpaired) electrons. The smallest absolute Gasteiger partial charge is 0.370 e. The van der Waals surface area contributed by atoms with Gasteiger partial charge < -0.3 is 15.1 Å². The molecule has 0 spiro atoms. The average Bonchev–Trinajstić information content (AvgIpc) is 3.12. The summed E-state index contributed by atoms with van der Waals surface area (Å²) in [6.45, 7) is 6.57. The maximum Gasteiger partial charge on any atom is 0.408 e. The van der Waals surface area contributed by atoms with Crippen molar-refractivity contribution in [1.29, 1.82) is 0 Å². The van der Waals surface area contributed by atoms with E-state index in [0.717, 1.165) is 62.4 Å². The zero-order chi connectivity index (χ0) is 27.6. The van der Waals surface area contributed by atoms with Gasteiger partial charge in [-0.05, 0) is 62.8 Å². The molecule has 0 unspecified atom stereocenters. The van der Waals surface area contributed by atoms with E-state index >= 15 is 0 Å². The number of likely N-dealkylation sites (N-methyl/N-ethyl adjacent to an activating group) is 1. The number of hydrogen-bond acceptors (Lipinski definition) is 5. The first-order chi connectivity index (χ1) is 18.0. The first kappa shape index (κ1) is 27.8. The molecule has 1 atom stereocenters. The predicted octanol–water partition coefficient (Wildman–Crippen LogP) is 4.46. The van der Waals surface area contributed by atoms with E-state index in [-0.39, 0.29) is 21.8 Å². The molecule has 1 aromatic heterocycles. The molecular formula is C26H28ClF4N5O2. The fourth-order valence-corrected chi connectivity index (χ4v) is 4.65. The van der Waals surface area contributed by atoms with Crippen molar-refractivity contribution in [3.05, 3.63) is 57.6 Å². The minimum Gasteiger partial charge on any atom is -0.370 e. The fourth-order valence-electron chi connectivity index (χ4n) is 4.47. The van der Waals surface area contributed by atoms with E-state index in [1.807, 2.05) is 11.4 Å². The van der Waals surface area contributed by atoms with Crippen LogP contribution in [0.5, 0.6) is 0 Å². The highest BCUT2D eigenvalue weighted by atomic mass is 35.5. The molecular weight excluding hydrogens is 526 g/mol. The predicted molar refractivity (Wildman–Crippen MR) is 139 cm³/mol. The molecule has 1 aliphatic heterocycles. The van der Waals surface area contributed by atoms with Crippen LogP contribution in [-0.4, -0.2) is 65.3 Å². The molecule has 38 heavy (non-hydrogen) atoms. The molecule has 12 heteroatoms. The van der Waals surface area contributed by atoms with Crippen molar-refractivity contribution in [1.82, 2.24) is 19.8 Å². The maximum atomic E-state index is 13.8. The van der Waals surface area contributed by atoms with Crippen molar-refractivity contribution in [3.63, 3.8) is 0 Å². The number of carbonyl (C=O) groups excluding carboxylic acids is 1. The molecule has 2 aromatic carbocycles. The molecule has 1 aliphatic rings. The van der Waals surface area contributed by atoms with Gasteiger partial charge in [-0.2, -0.15) is 13.2 Å². The van der Waals surface area contributed by atoms with Gasteiger partial charge in [0, 0.05) is 30.9 Å². The van der Waals surface area contributed by atoms with Crippen LogP contribution in [0, 0.1) is 5.82 Å². The van der Waals surface area contributed by atoms with Crippen LogP contribution in [0.4, 0.5) is 23.2 Å². The zero-order valence-corrected chi connectivity index (χ0v) is 21.7. The molecule has 2 heterocycles. The number of carbonyl (C=O) groups is 1. The summed E-state index contributed by atoms with van der Waals surface area (Å²) in [7, 11) is 0. The number of anilines is 1. The lowest BCUT2D eigenvalue weighted by atomic mass is 10.1. The Balaban J connectivity index is 1.78. The Labute approximate surface area is 222 Å². The number of rotatable bonds is 6. The normalized spacial score (nSPS) is 15.9. The molecule has 1 saturated heterocycles. The number of nitrogens with one attached hydrogen (secondary N) is 1. The molecule has 3 aromatic rings. The molecule has 0 bridgehead atoms. The third-order valence-corrected chi connectivity index (χ3v) is 6.98. The highest BCUT2D eigenvalue weighted by Gasteiger charge is 2.37. The maximum absolute atomic E-state index is 13.8. The van der Waals surface area contributed by atoms with Gasteiger partial charge in [0.2, 0.25) is 5.91 Å². The van der Waals surface area contributed by atoms with Crippen LogP contribution in [0.2, 0.25) is 5.02 Å². The summed E-state index contributed by atoms with van der Waals surface area (Å²) in [5, 5.41) is 1.86. The number of aromatic nitrogens is 2. The number of hydrogen-bond donors (Lipinski definition) is 1. The number of alkyl halides is 3. The fraction of sp³-hybridized carbons (Fsp3) is 0.423. The van der Waals surface area contributed by atoms with Gasteiger partial charge in [-0.3, -0.25) is 14.2 Å². The Kier molecular flexibility index (Phi) is 8.27. The molecule has 1 fully saturated rings. The van der Waals surface area contributed by atoms with Crippen LogP contribution in [0.1, 0.15) is 20.3 Å². The topological polar surface area (TPSA) is 70.5 Å². The van der Waals surface area contributed by atoms with E-state index in [4.69, 9.17) is 11.6 Å². The largest absolute Gasteiger partial charge is 0.408 e. The van der Waals surface area contributed by atoms with Crippen LogP contribution in [0.25, 0.3) is 22.3 Å². The summed E-state index contributed by atoms with van der Waals surface area (Å²) in [4.78, 5) is 35.3. The molecule has 204 valence electrons. The summed E-state index contributed by atoms with van der Waals surface area (Å²) < 4.78 is 53.8. The summed E-state index contributed by atoms with van der Waals surface area (Å²) in [5.41, 5.74) is 0.781. The van der Waals surface area contributed by atoms with Crippen LogP contribution >= 0.6 is 11.6 Å². The van der Waals surface area contributed by atoms with Gasteiger partial charge in [-0.15, -0.1) is 0 Å². The second-order valence-electron chi connectivity index (χ2n) is 9.26. The van der Waals surface area contributed by atoms with Crippen LogP contribution in [0.3, 0.4) is 0 Å². The quantitative estimate of drug-likeness (QED) is 0.457. The molecule has 7 nitrogen and oxygen atoms in total. The Bertz CT molecular complexity index is 1390. The van der Waals surface area contributed by atoms with Gasteiger partial charge in [-0.1, -0.05) is 18.5 Å². The monoisotopic (exact) mass is 553 g/mol. The van der Waals surface area contributed by atoms with E-state index in [1.54, 1.807) is 12.1 Å². The lowest BCUT2D eigenvalue weighted by Crippen LogP contribution is -2.45. The van der Waals surface area contributed by atoms with Gasteiger partial charge in [0.25, 0.3) is 5.56 Å². The van der Waals surface area contributed by atoms with Crippen LogP contribution in [-0.2, 0) is 11.3 Å². The summed E-state index contributed by atoms with van der Waals surface area (Å²) in [5.74, 6) is -1.72. The van der Waals surface area contributed by atoms with Gasteiger partial charge in [0.1, 0.15) is 24.2 Å². The third-order valence-electron chi connectivity index (χ3n) is 6.69. The molecule has 1 amide bonds. The van der Waals surface area contributed by atoms with E-state index in [1.165, 1.54) is 12.1 Å². The van der Waals surface area contributed by atoms with Crippen molar-refractivity contribution in [2.75, 3.05) is 37.6 Å². The summed E-state index contributed by atoms with van der Waals surface area (Å²) >= 11 is 5.94. The lowest BCUT2D eigenvalue weighted by molar-refractivity contribution is -0.158. The number of benzene rings is 2. The average molecular weight is 554 g/mol.